The van der Waals surface area contributed by atoms with E-state index >= 15 is 0 Å². The van der Waals surface area contributed by atoms with Crippen molar-refractivity contribution in [2.45, 2.75) is 57.7 Å². The molecular weight excluding hydrogens is 438 g/mol. The van der Waals surface area contributed by atoms with E-state index in [1.807, 2.05) is 20.1 Å². The smallest absolute Gasteiger partial charge is 0.326 e. The van der Waals surface area contributed by atoms with Crippen LogP contribution >= 0.6 is 11.8 Å². The molecule has 0 radical (unpaired) electrons. The van der Waals surface area contributed by atoms with E-state index in [2.05, 4.69) is 20.9 Å². The predicted octanol–water partition coefficient (Wildman–Crippen LogP) is -1.66. The molecular formula is C19H37N7O5S. The first-order chi connectivity index (χ1) is 15.0. The van der Waals surface area contributed by atoms with Crippen molar-refractivity contribution in [3.63, 3.8) is 0 Å². The minimum Gasteiger partial charge on any atom is -0.480 e. The van der Waals surface area contributed by atoms with Gasteiger partial charge in [-0.15, -0.1) is 0 Å². The van der Waals surface area contributed by atoms with Crippen molar-refractivity contribution in [3.8, 4) is 0 Å². The molecule has 0 fully saturated rings. The summed E-state index contributed by atoms with van der Waals surface area (Å²) >= 11 is 1.48. The maximum atomic E-state index is 12.6. The van der Waals surface area contributed by atoms with Crippen LogP contribution in [0.3, 0.4) is 0 Å². The lowest BCUT2D eigenvalue weighted by Gasteiger charge is -2.22. The number of nitrogens with two attached hydrogens (primary N) is 3. The highest BCUT2D eigenvalue weighted by atomic mass is 32.2. The van der Waals surface area contributed by atoms with Gasteiger partial charge in [0.05, 0.1) is 12.6 Å². The Bertz CT molecular complexity index is 656. The van der Waals surface area contributed by atoms with E-state index < -0.39 is 41.8 Å². The number of carboxylic acid groups (broad SMARTS) is 1. The molecule has 0 aliphatic rings. The maximum Gasteiger partial charge on any atom is 0.326 e. The van der Waals surface area contributed by atoms with Gasteiger partial charge < -0.3 is 38.3 Å². The van der Waals surface area contributed by atoms with E-state index in [9.17, 15) is 24.3 Å². The average molecular weight is 476 g/mol. The van der Waals surface area contributed by atoms with Crippen molar-refractivity contribution in [1.82, 2.24) is 16.0 Å². The fourth-order valence-corrected chi connectivity index (χ4v) is 3.14. The molecule has 0 spiro atoms. The van der Waals surface area contributed by atoms with Gasteiger partial charge in [0.15, 0.2) is 5.96 Å². The molecule has 10 N–H and O–H groups in total. The van der Waals surface area contributed by atoms with E-state index in [1.54, 1.807) is 0 Å². The quantitative estimate of drug-likeness (QED) is 0.0771. The summed E-state index contributed by atoms with van der Waals surface area (Å²) in [6.07, 6.45) is 3.25. The van der Waals surface area contributed by atoms with Crippen molar-refractivity contribution in [2.75, 3.05) is 25.1 Å². The molecule has 0 rings (SSSR count). The number of rotatable bonds is 16. The summed E-state index contributed by atoms with van der Waals surface area (Å²) in [4.78, 5) is 52.1. The highest BCUT2D eigenvalue weighted by Gasteiger charge is 2.27. The standard InChI is InChI=1S/C19H37N7O5S/c1-11(2)9-14(18(30)31)26-17(29)13(6-8-32-3)25-15(27)10-24-16(28)12(20)5-4-7-23-19(21)22/h11-14H,4-10,20H2,1-3H3,(H,24,28)(H,25,27)(H,26,29)(H,30,31)(H4,21,22,23). The van der Waals surface area contributed by atoms with Crippen LogP contribution in [0.5, 0.6) is 0 Å². The molecule has 32 heavy (non-hydrogen) atoms. The first-order valence-corrected chi connectivity index (χ1v) is 11.8. The van der Waals surface area contributed by atoms with E-state index in [0.717, 1.165) is 0 Å². The number of nitrogens with one attached hydrogen (secondary N) is 3. The molecule has 3 amide bonds. The normalized spacial score (nSPS) is 13.5. The molecule has 0 aromatic carbocycles. The summed E-state index contributed by atoms with van der Waals surface area (Å²) in [6.45, 7) is 3.68. The van der Waals surface area contributed by atoms with Gasteiger partial charge in [-0.1, -0.05) is 13.8 Å². The first kappa shape index (κ1) is 29.5. The molecule has 3 atom stereocenters. The van der Waals surface area contributed by atoms with Crippen molar-refractivity contribution in [1.29, 1.82) is 0 Å². The van der Waals surface area contributed by atoms with Gasteiger partial charge in [-0.2, -0.15) is 11.8 Å². The number of thioether (sulfide) groups is 1. The topological polar surface area (TPSA) is 215 Å². The molecule has 0 aromatic rings. The average Bonchev–Trinajstić information content (AvgIpc) is 2.70. The predicted molar refractivity (Wildman–Crippen MR) is 125 cm³/mol. The zero-order chi connectivity index (χ0) is 24.7. The number of hydrogen-bond donors (Lipinski definition) is 7. The zero-order valence-corrected chi connectivity index (χ0v) is 19.7. The minimum atomic E-state index is -1.14. The van der Waals surface area contributed by atoms with Gasteiger partial charge in [0.2, 0.25) is 17.7 Å². The van der Waals surface area contributed by atoms with Crippen LogP contribution in [0.4, 0.5) is 0 Å². The second kappa shape index (κ2) is 16.1. The lowest BCUT2D eigenvalue weighted by Crippen LogP contribution is -2.54. The second-order valence-corrected chi connectivity index (χ2v) is 8.69. The Balaban J connectivity index is 4.73. The number of aliphatic imine (C=N–C) groups is 1. The lowest BCUT2D eigenvalue weighted by molar-refractivity contribution is -0.142. The number of aliphatic carboxylic acids is 1. The molecule has 13 heteroatoms. The Morgan fingerprint density at radius 1 is 1.03 bits per heavy atom. The Kier molecular flexibility index (Phi) is 14.9. The van der Waals surface area contributed by atoms with Crippen LogP contribution in [0.2, 0.25) is 0 Å². The molecule has 12 nitrogen and oxygen atoms in total. The van der Waals surface area contributed by atoms with Crippen LogP contribution in [0.25, 0.3) is 0 Å². The van der Waals surface area contributed by atoms with E-state index in [-0.39, 0.29) is 24.8 Å². The third-order valence-corrected chi connectivity index (χ3v) is 4.96. The number of carbonyl (C=O) groups is 4. The summed E-state index contributed by atoms with van der Waals surface area (Å²) in [7, 11) is 0. The number of carbonyl (C=O) groups excluding carboxylic acids is 3. The van der Waals surface area contributed by atoms with Crippen molar-refractivity contribution >= 4 is 41.4 Å². The number of nitrogens with zero attached hydrogens (tertiary/aromatic N) is 1. The second-order valence-electron chi connectivity index (χ2n) is 7.70. The molecule has 0 saturated carbocycles. The fourth-order valence-electron chi connectivity index (χ4n) is 2.66. The molecule has 184 valence electrons. The minimum absolute atomic E-state index is 0.0429. The SMILES string of the molecule is CSCCC(NC(=O)CNC(=O)C(N)CCCN=C(N)N)C(=O)NC(CC(C)C)C(=O)O. The van der Waals surface area contributed by atoms with Gasteiger partial charge in [0, 0.05) is 6.54 Å². The number of carboxylic acids is 1. The summed E-state index contributed by atoms with van der Waals surface area (Å²) in [6, 6.07) is -2.80. The van der Waals surface area contributed by atoms with Crippen molar-refractivity contribution in [2.24, 2.45) is 28.1 Å². The van der Waals surface area contributed by atoms with Crippen LogP contribution in [0.15, 0.2) is 4.99 Å². The van der Waals surface area contributed by atoms with Gasteiger partial charge in [-0.25, -0.2) is 4.79 Å². The molecule has 0 aromatic heterocycles. The third kappa shape index (κ3) is 13.7. The van der Waals surface area contributed by atoms with Crippen LogP contribution in [0.1, 0.15) is 39.5 Å². The van der Waals surface area contributed by atoms with Gasteiger partial charge in [0.1, 0.15) is 12.1 Å². The molecule has 0 heterocycles. The van der Waals surface area contributed by atoms with Gasteiger partial charge in [-0.05, 0) is 43.6 Å². The van der Waals surface area contributed by atoms with Crippen LogP contribution in [0, 0.1) is 5.92 Å². The Morgan fingerprint density at radius 3 is 2.22 bits per heavy atom. The Morgan fingerprint density at radius 2 is 1.69 bits per heavy atom. The summed E-state index contributed by atoms with van der Waals surface area (Å²) in [5.41, 5.74) is 16.2. The molecule has 0 saturated heterocycles. The number of hydrogen-bond acceptors (Lipinski definition) is 7. The molecule has 0 bridgehead atoms. The summed E-state index contributed by atoms with van der Waals surface area (Å²) in [5, 5.41) is 16.8. The Hall–Kier alpha value is -2.54. The van der Waals surface area contributed by atoms with Gasteiger partial charge >= 0.3 is 5.97 Å². The molecule has 3 unspecified atom stereocenters. The highest BCUT2D eigenvalue weighted by molar-refractivity contribution is 7.98. The summed E-state index contributed by atoms with van der Waals surface area (Å²) < 4.78 is 0. The van der Waals surface area contributed by atoms with Gasteiger partial charge in [0.25, 0.3) is 0 Å². The number of guanidine groups is 1. The van der Waals surface area contributed by atoms with Gasteiger partial charge in [-0.3, -0.25) is 19.4 Å². The zero-order valence-electron chi connectivity index (χ0n) is 18.9. The summed E-state index contributed by atoms with van der Waals surface area (Å²) in [5.74, 6) is -2.21. The van der Waals surface area contributed by atoms with E-state index in [0.29, 0.717) is 31.6 Å². The van der Waals surface area contributed by atoms with Crippen LogP contribution in [-0.4, -0.2) is 78.0 Å². The monoisotopic (exact) mass is 475 g/mol. The van der Waals surface area contributed by atoms with Crippen molar-refractivity contribution < 1.29 is 24.3 Å². The van der Waals surface area contributed by atoms with Crippen LogP contribution in [-0.2, 0) is 19.2 Å². The molecule has 0 aliphatic heterocycles. The van der Waals surface area contributed by atoms with Crippen LogP contribution < -0.4 is 33.2 Å². The van der Waals surface area contributed by atoms with E-state index in [4.69, 9.17) is 17.2 Å². The highest BCUT2D eigenvalue weighted by Crippen LogP contribution is 2.07. The fraction of sp³-hybridized carbons (Fsp3) is 0.737. The number of amides is 3. The largest absolute Gasteiger partial charge is 0.480 e. The Labute approximate surface area is 192 Å². The first-order valence-electron chi connectivity index (χ1n) is 10.4. The molecule has 0 aliphatic carbocycles. The lowest BCUT2D eigenvalue weighted by atomic mass is 10.0. The maximum absolute atomic E-state index is 12.6. The van der Waals surface area contributed by atoms with E-state index in [1.165, 1.54) is 11.8 Å². The van der Waals surface area contributed by atoms with Crippen molar-refractivity contribution in [3.05, 3.63) is 0 Å². The third-order valence-electron chi connectivity index (χ3n) is 4.31.